The zero-order chi connectivity index (χ0) is 17.9. The largest absolute Gasteiger partial charge is 0.497 e. The highest BCUT2D eigenvalue weighted by molar-refractivity contribution is 7.87. The van der Waals surface area contributed by atoms with E-state index < -0.39 is 16.1 Å². The first-order chi connectivity index (χ1) is 11.3. The molecule has 0 unspecified atom stereocenters. The molecule has 0 fully saturated rings. The molecule has 0 atom stereocenters. The molecule has 2 aromatic rings. The van der Waals surface area contributed by atoms with Crippen LogP contribution in [-0.2, 0) is 21.4 Å². The Kier molecular flexibility index (Phi) is 5.46. The van der Waals surface area contributed by atoms with Crippen molar-refractivity contribution in [2.45, 2.75) is 13.3 Å². The second-order valence-electron chi connectivity index (χ2n) is 5.64. The minimum atomic E-state index is -3.78. The fourth-order valence-electron chi connectivity index (χ4n) is 2.52. The number of ether oxygens (including phenoxy) is 1. The Morgan fingerprint density at radius 2 is 1.88 bits per heavy atom. The highest BCUT2D eigenvalue weighted by Crippen LogP contribution is 2.24. The van der Waals surface area contributed by atoms with Crippen LogP contribution < -0.4 is 4.74 Å². The maximum absolute atomic E-state index is 12.3. The number of fused-ring (bicyclic) bond motifs is 1. The summed E-state index contributed by atoms with van der Waals surface area (Å²) in [5, 5.41) is 2.03. The van der Waals surface area contributed by atoms with Crippen molar-refractivity contribution >= 4 is 26.9 Å². The van der Waals surface area contributed by atoms with Crippen LogP contribution in [0, 0.1) is 0 Å². The summed E-state index contributed by atoms with van der Waals surface area (Å²) in [4.78, 5) is 11.8. The average molecular weight is 350 g/mol. The van der Waals surface area contributed by atoms with E-state index in [0.29, 0.717) is 6.42 Å². The van der Waals surface area contributed by atoms with Gasteiger partial charge in [0.05, 0.1) is 7.11 Å². The molecule has 2 rings (SSSR count). The van der Waals surface area contributed by atoms with Gasteiger partial charge >= 0.3 is 10.2 Å². The van der Waals surface area contributed by atoms with Crippen molar-refractivity contribution in [3.05, 3.63) is 42.0 Å². The van der Waals surface area contributed by atoms with E-state index in [4.69, 9.17) is 4.74 Å². The molecule has 0 heterocycles. The average Bonchev–Trinajstić information content (AvgIpc) is 2.54. The summed E-state index contributed by atoms with van der Waals surface area (Å²) in [6, 6.07) is 11.6. The number of amides is 1. The zero-order valence-corrected chi connectivity index (χ0v) is 15.1. The number of rotatable bonds is 6. The molecule has 2 aromatic carbocycles. The third-order valence-electron chi connectivity index (χ3n) is 3.86. The van der Waals surface area contributed by atoms with Crippen LogP contribution in [0.1, 0.15) is 12.5 Å². The number of hydrogen-bond acceptors (Lipinski definition) is 4. The number of methoxy groups -OCH3 is 1. The van der Waals surface area contributed by atoms with E-state index in [1.165, 1.54) is 21.0 Å². The van der Waals surface area contributed by atoms with E-state index in [-0.39, 0.29) is 6.54 Å². The van der Waals surface area contributed by atoms with Gasteiger partial charge in [-0.1, -0.05) is 24.3 Å². The van der Waals surface area contributed by atoms with Crippen LogP contribution in [0.3, 0.4) is 0 Å². The lowest BCUT2D eigenvalue weighted by Crippen LogP contribution is -2.43. The van der Waals surface area contributed by atoms with Crippen molar-refractivity contribution in [2.24, 2.45) is 0 Å². The first-order valence-corrected chi connectivity index (χ1v) is 8.93. The Hall–Kier alpha value is -2.12. The van der Waals surface area contributed by atoms with Crippen molar-refractivity contribution in [1.82, 2.24) is 8.61 Å². The molecule has 0 saturated heterocycles. The summed E-state index contributed by atoms with van der Waals surface area (Å²) in [6.07, 6.45) is 0.428. The Morgan fingerprint density at radius 3 is 2.46 bits per heavy atom. The molecule has 1 amide bonds. The lowest BCUT2D eigenvalue weighted by Gasteiger charge is -2.24. The molecule has 0 aliphatic heterocycles. The maximum atomic E-state index is 12.3. The SMILES string of the molecule is COc1ccc2cccc(CCN(C(C)=O)S(=O)(=O)N(C)C)c2c1. The quantitative estimate of drug-likeness (QED) is 0.800. The van der Waals surface area contributed by atoms with Crippen LogP contribution in [0.2, 0.25) is 0 Å². The Balaban J connectivity index is 2.34. The van der Waals surface area contributed by atoms with Crippen LogP contribution in [0.4, 0.5) is 0 Å². The molecule has 0 aliphatic carbocycles. The number of benzene rings is 2. The highest BCUT2D eigenvalue weighted by atomic mass is 32.2. The molecule has 0 bridgehead atoms. The van der Waals surface area contributed by atoms with Crippen molar-refractivity contribution in [3.63, 3.8) is 0 Å². The molecule has 0 aromatic heterocycles. The molecule has 24 heavy (non-hydrogen) atoms. The van der Waals surface area contributed by atoms with Crippen LogP contribution in [0.5, 0.6) is 5.75 Å². The molecule has 6 nitrogen and oxygen atoms in total. The Labute approximate surface area is 142 Å². The zero-order valence-electron chi connectivity index (χ0n) is 14.3. The van der Waals surface area contributed by atoms with Crippen LogP contribution >= 0.6 is 0 Å². The molecule has 7 heteroatoms. The minimum absolute atomic E-state index is 0.0895. The van der Waals surface area contributed by atoms with E-state index in [9.17, 15) is 13.2 Å². The summed E-state index contributed by atoms with van der Waals surface area (Å²) in [6.45, 7) is 1.35. The van der Waals surface area contributed by atoms with Crippen molar-refractivity contribution in [3.8, 4) is 5.75 Å². The van der Waals surface area contributed by atoms with Crippen molar-refractivity contribution < 1.29 is 17.9 Å². The summed E-state index contributed by atoms with van der Waals surface area (Å²) in [5.74, 6) is 0.237. The van der Waals surface area contributed by atoms with Gasteiger partial charge in [0.2, 0.25) is 5.91 Å². The third kappa shape index (κ3) is 3.68. The number of carbonyl (C=O) groups excluding carboxylic acids is 1. The summed E-state index contributed by atoms with van der Waals surface area (Å²) in [5.41, 5.74) is 0.964. The summed E-state index contributed by atoms with van der Waals surface area (Å²) in [7, 11) is 0.642. The van der Waals surface area contributed by atoms with Gasteiger partial charge in [-0.2, -0.15) is 12.7 Å². The van der Waals surface area contributed by atoms with Gasteiger partial charge in [0.15, 0.2) is 0 Å². The number of carbonyl (C=O) groups is 1. The van der Waals surface area contributed by atoms with Gasteiger partial charge in [-0.25, -0.2) is 4.31 Å². The van der Waals surface area contributed by atoms with Gasteiger partial charge in [0.25, 0.3) is 0 Å². The summed E-state index contributed by atoms with van der Waals surface area (Å²) >= 11 is 0. The van der Waals surface area contributed by atoms with Crippen molar-refractivity contribution in [2.75, 3.05) is 27.7 Å². The predicted octanol–water partition coefficient (Wildman–Crippen LogP) is 2.05. The number of nitrogens with zero attached hydrogens (tertiary/aromatic N) is 2. The second kappa shape index (κ2) is 7.19. The van der Waals surface area contributed by atoms with Crippen LogP contribution in [-0.4, -0.2) is 50.7 Å². The molecule has 0 saturated carbocycles. The normalized spacial score (nSPS) is 11.7. The van der Waals surface area contributed by atoms with Gasteiger partial charge < -0.3 is 4.74 Å². The fraction of sp³-hybridized carbons (Fsp3) is 0.353. The molecule has 0 N–H and O–H groups in total. The van der Waals surface area contributed by atoms with Crippen LogP contribution in [0.15, 0.2) is 36.4 Å². The summed E-state index contributed by atoms with van der Waals surface area (Å²) < 4.78 is 31.7. The van der Waals surface area contributed by atoms with Gasteiger partial charge in [0, 0.05) is 27.6 Å². The third-order valence-corrected chi connectivity index (χ3v) is 5.77. The standard InChI is InChI=1S/C17H22N2O4S/c1-13(20)19(24(21,22)18(2)3)11-10-15-7-5-6-14-8-9-16(23-4)12-17(14)15/h5-9,12H,10-11H2,1-4H3. The van der Waals surface area contributed by atoms with E-state index >= 15 is 0 Å². The molecule has 0 radical (unpaired) electrons. The topological polar surface area (TPSA) is 66.9 Å². The van der Waals surface area contributed by atoms with Gasteiger partial charge in [-0.3, -0.25) is 4.79 Å². The minimum Gasteiger partial charge on any atom is -0.497 e. The fourth-order valence-corrected chi connectivity index (χ4v) is 3.56. The molecular formula is C17H22N2O4S. The first-order valence-electron chi connectivity index (χ1n) is 7.53. The van der Waals surface area contributed by atoms with Crippen molar-refractivity contribution in [1.29, 1.82) is 0 Å². The number of hydrogen-bond donors (Lipinski definition) is 0. The van der Waals surface area contributed by atoms with E-state index in [1.807, 2.05) is 36.4 Å². The highest BCUT2D eigenvalue weighted by Gasteiger charge is 2.26. The smallest absolute Gasteiger partial charge is 0.305 e. The molecule has 130 valence electrons. The molecule has 0 aliphatic rings. The first kappa shape index (κ1) is 18.2. The van der Waals surface area contributed by atoms with Gasteiger partial charge in [-0.05, 0) is 34.9 Å². The van der Waals surface area contributed by atoms with E-state index in [1.54, 1.807) is 7.11 Å². The van der Waals surface area contributed by atoms with Gasteiger partial charge in [0.1, 0.15) is 5.75 Å². The van der Waals surface area contributed by atoms with E-state index in [0.717, 1.165) is 30.7 Å². The second-order valence-corrected chi connectivity index (χ2v) is 7.70. The Morgan fingerprint density at radius 1 is 1.17 bits per heavy atom. The lowest BCUT2D eigenvalue weighted by atomic mass is 10.0. The lowest BCUT2D eigenvalue weighted by molar-refractivity contribution is -0.124. The Bertz CT molecular complexity index is 847. The monoisotopic (exact) mass is 350 g/mol. The molecular weight excluding hydrogens is 328 g/mol. The van der Waals surface area contributed by atoms with Gasteiger partial charge in [-0.15, -0.1) is 0 Å². The predicted molar refractivity (Wildman–Crippen MR) is 94.2 cm³/mol. The maximum Gasteiger partial charge on any atom is 0.305 e. The van der Waals surface area contributed by atoms with E-state index in [2.05, 4.69) is 0 Å². The molecule has 0 spiro atoms. The van der Waals surface area contributed by atoms with Crippen LogP contribution in [0.25, 0.3) is 10.8 Å².